The summed E-state index contributed by atoms with van der Waals surface area (Å²) < 4.78 is 11.1. The van der Waals surface area contributed by atoms with E-state index in [4.69, 9.17) is 9.47 Å². The van der Waals surface area contributed by atoms with Crippen LogP contribution in [0.1, 0.15) is 70.4 Å². The molecule has 1 fully saturated rings. The summed E-state index contributed by atoms with van der Waals surface area (Å²) in [7, 11) is 0. The molecule has 1 aliphatic carbocycles. The Kier molecular flexibility index (Phi) is 6.26. The molecule has 0 bridgehead atoms. The van der Waals surface area contributed by atoms with Crippen LogP contribution in [0.4, 0.5) is 0 Å². The van der Waals surface area contributed by atoms with E-state index in [2.05, 4.69) is 0 Å². The Morgan fingerprint density at radius 3 is 2.36 bits per heavy atom. The van der Waals surface area contributed by atoms with Gasteiger partial charge in [-0.1, -0.05) is 37.6 Å². The number of benzene rings is 1. The van der Waals surface area contributed by atoms with E-state index in [1.165, 1.54) is 0 Å². The van der Waals surface area contributed by atoms with Gasteiger partial charge in [0.25, 0.3) is 0 Å². The van der Waals surface area contributed by atoms with Crippen LogP contribution in [0.5, 0.6) is 0 Å². The van der Waals surface area contributed by atoms with Gasteiger partial charge in [-0.05, 0) is 64.0 Å². The molecule has 0 atom stereocenters. The number of hydrogen-bond donors (Lipinski definition) is 0. The topological polar surface area (TPSA) is 52.6 Å². The lowest BCUT2D eigenvalue weighted by molar-refractivity contribution is -0.177. The van der Waals surface area contributed by atoms with E-state index in [-0.39, 0.29) is 12.6 Å². The third-order valence-corrected chi connectivity index (χ3v) is 5.36. The Balaban J connectivity index is 2.09. The molecule has 138 valence electrons. The lowest BCUT2D eigenvalue weighted by Crippen LogP contribution is -2.37. The molecular weight excluding hydrogens is 316 g/mol. The summed E-state index contributed by atoms with van der Waals surface area (Å²) in [5, 5.41) is 0. The Morgan fingerprint density at radius 1 is 1.12 bits per heavy atom. The van der Waals surface area contributed by atoms with E-state index in [0.717, 1.165) is 43.2 Å². The van der Waals surface area contributed by atoms with Crippen molar-refractivity contribution in [1.82, 2.24) is 0 Å². The number of rotatable bonds is 6. The van der Waals surface area contributed by atoms with Gasteiger partial charge >= 0.3 is 11.9 Å². The van der Waals surface area contributed by atoms with Crippen LogP contribution in [0, 0.1) is 12.3 Å². The second-order valence-electron chi connectivity index (χ2n) is 7.66. The lowest BCUT2D eigenvalue weighted by atomic mass is 9.78. The summed E-state index contributed by atoms with van der Waals surface area (Å²) in [6, 6.07) is 8.06. The van der Waals surface area contributed by atoms with Crippen molar-refractivity contribution in [3.63, 3.8) is 0 Å². The zero-order chi connectivity index (χ0) is 18.5. The summed E-state index contributed by atoms with van der Waals surface area (Å²) >= 11 is 0. The first-order chi connectivity index (χ1) is 11.8. The third kappa shape index (κ3) is 4.62. The average Bonchev–Trinajstić information content (AvgIpc) is 2.60. The molecule has 4 nitrogen and oxygen atoms in total. The van der Waals surface area contributed by atoms with Crippen LogP contribution in [0.2, 0.25) is 0 Å². The first-order valence-corrected chi connectivity index (χ1v) is 9.26. The normalized spacial score (nSPS) is 17.0. The van der Waals surface area contributed by atoms with Gasteiger partial charge in [-0.25, -0.2) is 4.79 Å². The maximum absolute atomic E-state index is 12.4. The van der Waals surface area contributed by atoms with Crippen molar-refractivity contribution in [3.05, 3.63) is 35.4 Å². The maximum Gasteiger partial charge on any atom is 0.345 e. The van der Waals surface area contributed by atoms with Crippen LogP contribution in [0.15, 0.2) is 24.3 Å². The van der Waals surface area contributed by atoms with Crippen LogP contribution < -0.4 is 0 Å². The molecule has 1 aliphatic rings. The van der Waals surface area contributed by atoms with Crippen LogP contribution in [-0.4, -0.2) is 18.5 Å². The molecule has 0 aromatic heterocycles. The van der Waals surface area contributed by atoms with Crippen molar-refractivity contribution in [2.24, 2.45) is 5.41 Å². The van der Waals surface area contributed by atoms with Crippen molar-refractivity contribution in [1.29, 1.82) is 0 Å². The molecule has 1 aromatic carbocycles. The maximum atomic E-state index is 12.4. The quantitative estimate of drug-likeness (QED) is 0.702. The molecule has 0 N–H and O–H groups in total. The minimum absolute atomic E-state index is 0.324. The SMILES string of the molecule is CCC(C)(C)C(=O)OCC(=O)OC1(c2ccccc2C)CCCCC1. The van der Waals surface area contributed by atoms with E-state index < -0.39 is 17.0 Å². The standard InChI is InChI=1S/C21H30O4/c1-5-20(3,4)19(23)24-15-18(22)25-21(13-9-6-10-14-21)17-12-8-7-11-16(17)2/h7-8,11-12H,5-6,9-10,13-15H2,1-4H3. The molecule has 4 heteroatoms. The minimum atomic E-state index is -0.590. The van der Waals surface area contributed by atoms with Crippen LogP contribution >= 0.6 is 0 Å². The predicted octanol–water partition coefficient (Wildman–Crippen LogP) is 4.68. The Labute approximate surface area is 150 Å². The molecule has 0 unspecified atom stereocenters. The lowest BCUT2D eigenvalue weighted by Gasteiger charge is -2.38. The predicted molar refractivity (Wildman–Crippen MR) is 97.1 cm³/mol. The monoisotopic (exact) mass is 346 g/mol. The van der Waals surface area contributed by atoms with Crippen LogP contribution in [0.25, 0.3) is 0 Å². The highest BCUT2D eigenvalue weighted by molar-refractivity contribution is 5.80. The molecule has 0 heterocycles. The highest BCUT2D eigenvalue weighted by Gasteiger charge is 2.39. The molecule has 0 spiro atoms. The van der Waals surface area contributed by atoms with Crippen molar-refractivity contribution < 1.29 is 19.1 Å². The summed E-state index contributed by atoms with van der Waals surface area (Å²) in [5.41, 5.74) is 1.02. The summed E-state index contributed by atoms with van der Waals surface area (Å²) in [4.78, 5) is 24.5. The second kappa shape index (κ2) is 8.03. The van der Waals surface area contributed by atoms with Crippen molar-refractivity contribution in [2.45, 2.75) is 71.8 Å². The van der Waals surface area contributed by atoms with Gasteiger partial charge in [0.2, 0.25) is 0 Å². The molecule has 0 radical (unpaired) electrons. The van der Waals surface area contributed by atoms with E-state index in [9.17, 15) is 9.59 Å². The average molecular weight is 346 g/mol. The minimum Gasteiger partial charge on any atom is -0.453 e. The van der Waals surface area contributed by atoms with Gasteiger partial charge in [-0.2, -0.15) is 0 Å². The first-order valence-electron chi connectivity index (χ1n) is 9.26. The van der Waals surface area contributed by atoms with Gasteiger partial charge in [0.05, 0.1) is 5.41 Å². The molecule has 1 aromatic rings. The van der Waals surface area contributed by atoms with E-state index >= 15 is 0 Å². The van der Waals surface area contributed by atoms with Gasteiger partial charge in [0.1, 0.15) is 5.60 Å². The molecule has 0 aliphatic heterocycles. The van der Waals surface area contributed by atoms with Crippen molar-refractivity contribution in [2.75, 3.05) is 6.61 Å². The van der Waals surface area contributed by atoms with Gasteiger partial charge in [-0.15, -0.1) is 0 Å². The zero-order valence-corrected chi connectivity index (χ0v) is 15.9. The number of carbonyl (C=O) groups excluding carboxylic acids is 2. The fourth-order valence-corrected chi connectivity index (χ4v) is 3.34. The highest BCUT2D eigenvalue weighted by atomic mass is 16.6. The number of carbonyl (C=O) groups is 2. The largest absolute Gasteiger partial charge is 0.453 e. The van der Waals surface area contributed by atoms with Crippen LogP contribution in [0.3, 0.4) is 0 Å². The Bertz CT molecular complexity index is 612. The van der Waals surface area contributed by atoms with E-state index in [1.807, 2.05) is 52.0 Å². The molecule has 0 amide bonds. The number of ether oxygens (including phenoxy) is 2. The van der Waals surface area contributed by atoms with E-state index in [0.29, 0.717) is 6.42 Å². The zero-order valence-electron chi connectivity index (χ0n) is 15.9. The number of aryl methyl sites for hydroxylation is 1. The summed E-state index contributed by atoms with van der Waals surface area (Å²) in [6.45, 7) is 7.28. The van der Waals surface area contributed by atoms with Gasteiger partial charge in [-0.3, -0.25) is 4.79 Å². The summed E-state index contributed by atoms with van der Waals surface area (Å²) in [6.07, 6.45) is 5.52. The Morgan fingerprint density at radius 2 is 1.76 bits per heavy atom. The van der Waals surface area contributed by atoms with Gasteiger partial charge in [0.15, 0.2) is 6.61 Å². The smallest absolute Gasteiger partial charge is 0.345 e. The van der Waals surface area contributed by atoms with E-state index in [1.54, 1.807) is 0 Å². The van der Waals surface area contributed by atoms with Crippen molar-refractivity contribution >= 4 is 11.9 Å². The molecule has 0 saturated heterocycles. The Hall–Kier alpha value is -1.84. The molecule has 1 saturated carbocycles. The fourth-order valence-electron chi connectivity index (χ4n) is 3.34. The van der Waals surface area contributed by atoms with Crippen molar-refractivity contribution in [3.8, 4) is 0 Å². The summed E-state index contributed by atoms with van der Waals surface area (Å²) in [5.74, 6) is -0.828. The third-order valence-electron chi connectivity index (χ3n) is 5.36. The van der Waals surface area contributed by atoms with Crippen LogP contribution in [-0.2, 0) is 24.7 Å². The highest BCUT2D eigenvalue weighted by Crippen LogP contribution is 2.42. The number of esters is 2. The second-order valence-corrected chi connectivity index (χ2v) is 7.66. The van der Waals surface area contributed by atoms with Gasteiger partial charge < -0.3 is 9.47 Å². The van der Waals surface area contributed by atoms with Gasteiger partial charge in [0, 0.05) is 0 Å². The molecule has 2 rings (SSSR count). The molecular formula is C21H30O4. The number of hydrogen-bond acceptors (Lipinski definition) is 4. The first kappa shape index (κ1) is 19.5. The molecule has 25 heavy (non-hydrogen) atoms. The fraction of sp³-hybridized carbons (Fsp3) is 0.619.